The third-order valence-electron chi connectivity index (χ3n) is 5.85. The van der Waals surface area contributed by atoms with Gasteiger partial charge in [0.2, 0.25) is 5.91 Å². The van der Waals surface area contributed by atoms with E-state index in [2.05, 4.69) is 35.2 Å². The van der Waals surface area contributed by atoms with Crippen molar-refractivity contribution in [1.82, 2.24) is 9.80 Å². The van der Waals surface area contributed by atoms with E-state index in [1.807, 2.05) is 41.3 Å². The van der Waals surface area contributed by atoms with Crippen LogP contribution in [0.5, 0.6) is 5.75 Å². The molecule has 4 heteroatoms. The van der Waals surface area contributed by atoms with Crippen LogP contribution in [0.15, 0.2) is 78.9 Å². The highest BCUT2D eigenvalue weighted by Gasteiger charge is 2.48. The normalized spacial score (nSPS) is 21.4. The number of carbonyl (C=O) groups excluding carboxylic acids is 1. The Morgan fingerprint density at radius 2 is 1.54 bits per heavy atom. The molecule has 3 aromatic carbocycles. The SMILES string of the molecule is O=C1[C@@H]2Cc3ccccc3CN2C(c2ccc(O)cc2)N1Cc1ccccc1. The van der Waals surface area contributed by atoms with E-state index in [-0.39, 0.29) is 23.9 Å². The Bertz CT molecular complexity index is 1000. The minimum atomic E-state index is -0.141. The topological polar surface area (TPSA) is 43.8 Å². The Kier molecular flexibility index (Phi) is 4.14. The summed E-state index contributed by atoms with van der Waals surface area (Å²) < 4.78 is 0. The number of benzene rings is 3. The summed E-state index contributed by atoms with van der Waals surface area (Å²) in [6.07, 6.45) is 0.612. The second-order valence-electron chi connectivity index (χ2n) is 7.58. The van der Waals surface area contributed by atoms with Crippen LogP contribution in [-0.4, -0.2) is 26.9 Å². The number of rotatable bonds is 3. The van der Waals surface area contributed by atoms with E-state index in [0.717, 1.165) is 24.1 Å². The lowest BCUT2D eigenvalue weighted by Gasteiger charge is -2.35. The second-order valence-corrected chi connectivity index (χ2v) is 7.58. The molecule has 2 atom stereocenters. The van der Waals surface area contributed by atoms with Crippen molar-refractivity contribution in [3.8, 4) is 5.75 Å². The Labute approximate surface area is 164 Å². The van der Waals surface area contributed by atoms with Gasteiger partial charge in [-0.2, -0.15) is 0 Å². The van der Waals surface area contributed by atoms with Gasteiger partial charge in [-0.15, -0.1) is 0 Å². The Morgan fingerprint density at radius 3 is 2.29 bits per heavy atom. The van der Waals surface area contributed by atoms with E-state index in [9.17, 15) is 9.90 Å². The van der Waals surface area contributed by atoms with Crippen LogP contribution in [0.2, 0.25) is 0 Å². The first-order valence-electron chi connectivity index (χ1n) is 9.66. The predicted octanol–water partition coefficient (Wildman–Crippen LogP) is 3.86. The van der Waals surface area contributed by atoms with E-state index in [1.165, 1.54) is 11.1 Å². The molecule has 2 aliphatic rings. The predicted molar refractivity (Wildman–Crippen MR) is 107 cm³/mol. The monoisotopic (exact) mass is 370 g/mol. The molecule has 0 aliphatic carbocycles. The maximum atomic E-state index is 13.4. The Morgan fingerprint density at radius 1 is 0.857 bits per heavy atom. The summed E-state index contributed by atoms with van der Waals surface area (Å²) in [4.78, 5) is 17.7. The van der Waals surface area contributed by atoms with Gasteiger partial charge in [-0.1, -0.05) is 66.7 Å². The molecule has 3 aromatic rings. The summed E-state index contributed by atoms with van der Waals surface area (Å²) in [6.45, 7) is 1.33. The van der Waals surface area contributed by atoms with Gasteiger partial charge in [-0.25, -0.2) is 0 Å². The number of hydrogen-bond donors (Lipinski definition) is 1. The average Bonchev–Trinajstić information content (AvgIpc) is 2.99. The van der Waals surface area contributed by atoms with E-state index >= 15 is 0 Å². The van der Waals surface area contributed by atoms with Crippen molar-refractivity contribution in [1.29, 1.82) is 0 Å². The van der Waals surface area contributed by atoms with Crippen molar-refractivity contribution in [2.24, 2.45) is 0 Å². The van der Waals surface area contributed by atoms with E-state index in [4.69, 9.17) is 0 Å². The van der Waals surface area contributed by atoms with Crippen LogP contribution in [0.1, 0.15) is 28.4 Å². The van der Waals surface area contributed by atoms with E-state index in [0.29, 0.717) is 6.54 Å². The fraction of sp³-hybridized carbons (Fsp3) is 0.208. The number of phenolic OH excluding ortho intramolecular Hbond substituents is 1. The minimum Gasteiger partial charge on any atom is -0.508 e. The number of carbonyl (C=O) groups is 1. The summed E-state index contributed by atoms with van der Waals surface area (Å²) >= 11 is 0. The van der Waals surface area contributed by atoms with Crippen molar-refractivity contribution in [3.63, 3.8) is 0 Å². The molecule has 2 heterocycles. The Balaban J connectivity index is 1.56. The second kappa shape index (κ2) is 6.80. The first-order chi connectivity index (χ1) is 13.7. The molecular weight excluding hydrogens is 348 g/mol. The molecule has 140 valence electrons. The molecular formula is C24H22N2O2. The van der Waals surface area contributed by atoms with Crippen LogP contribution in [0.4, 0.5) is 0 Å². The minimum absolute atomic E-state index is 0.133. The van der Waals surface area contributed by atoms with Crippen molar-refractivity contribution in [2.45, 2.75) is 31.7 Å². The summed E-state index contributed by atoms with van der Waals surface area (Å²) in [7, 11) is 0. The van der Waals surface area contributed by atoms with Gasteiger partial charge in [-0.05, 0) is 40.8 Å². The van der Waals surface area contributed by atoms with Crippen LogP contribution in [0.25, 0.3) is 0 Å². The third-order valence-corrected chi connectivity index (χ3v) is 5.85. The van der Waals surface area contributed by atoms with Crippen LogP contribution in [0, 0.1) is 0 Å². The lowest BCUT2D eigenvalue weighted by Crippen LogP contribution is -2.39. The molecule has 5 rings (SSSR count). The first kappa shape index (κ1) is 17.0. The van der Waals surface area contributed by atoms with Crippen LogP contribution in [0.3, 0.4) is 0 Å². The van der Waals surface area contributed by atoms with Gasteiger partial charge in [-0.3, -0.25) is 9.69 Å². The molecule has 28 heavy (non-hydrogen) atoms. The lowest BCUT2D eigenvalue weighted by molar-refractivity contribution is -0.130. The number of nitrogens with zero attached hydrogens (tertiary/aromatic N) is 2. The molecule has 2 aliphatic heterocycles. The molecule has 1 saturated heterocycles. The Hall–Kier alpha value is -3.11. The standard InChI is InChI=1S/C24H22N2O2/c27-21-12-10-18(11-13-21)23-25-16-20-9-5-4-8-19(20)14-22(25)24(28)26(23)15-17-6-2-1-3-7-17/h1-13,22-23,27H,14-16H2/t22-,23?/m0/s1. The zero-order chi connectivity index (χ0) is 19.1. The molecule has 1 fully saturated rings. The van der Waals surface area contributed by atoms with Gasteiger partial charge in [0, 0.05) is 13.1 Å². The maximum absolute atomic E-state index is 13.4. The number of amides is 1. The number of phenols is 1. The molecule has 4 nitrogen and oxygen atoms in total. The van der Waals surface area contributed by atoms with Crippen molar-refractivity contribution in [2.75, 3.05) is 0 Å². The quantitative estimate of drug-likeness (QED) is 0.761. The molecule has 1 N–H and O–H groups in total. The maximum Gasteiger partial charge on any atom is 0.242 e. The number of fused-ring (bicyclic) bond motifs is 2. The smallest absolute Gasteiger partial charge is 0.242 e. The van der Waals surface area contributed by atoms with Crippen LogP contribution >= 0.6 is 0 Å². The number of hydrogen-bond acceptors (Lipinski definition) is 3. The average molecular weight is 370 g/mol. The van der Waals surface area contributed by atoms with Crippen LogP contribution in [-0.2, 0) is 24.3 Å². The molecule has 0 radical (unpaired) electrons. The molecule has 0 saturated carbocycles. The molecule has 0 aromatic heterocycles. The largest absolute Gasteiger partial charge is 0.508 e. The first-order valence-corrected chi connectivity index (χ1v) is 9.66. The summed E-state index contributed by atoms with van der Waals surface area (Å²) in [5, 5.41) is 9.72. The zero-order valence-electron chi connectivity index (χ0n) is 15.5. The zero-order valence-corrected chi connectivity index (χ0v) is 15.5. The summed E-state index contributed by atoms with van der Waals surface area (Å²) in [5.74, 6) is 0.416. The fourth-order valence-electron chi connectivity index (χ4n) is 4.48. The highest BCUT2D eigenvalue weighted by atomic mass is 16.3. The van der Waals surface area contributed by atoms with Gasteiger partial charge in [0.15, 0.2) is 0 Å². The van der Waals surface area contributed by atoms with Crippen molar-refractivity contribution < 1.29 is 9.90 Å². The third kappa shape index (κ3) is 2.86. The molecule has 1 unspecified atom stereocenters. The van der Waals surface area contributed by atoms with Gasteiger partial charge in [0.05, 0.1) is 6.04 Å². The van der Waals surface area contributed by atoms with Gasteiger partial charge >= 0.3 is 0 Å². The van der Waals surface area contributed by atoms with Gasteiger partial charge in [0.25, 0.3) is 0 Å². The van der Waals surface area contributed by atoms with Crippen LogP contribution < -0.4 is 0 Å². The van der Waals surface area contributed by atoms with Gasteiger partial charge in [0.1, 0.15) is 11.9 Å². The molecule has 0 spiro atoms. The van der Waals surface area contributed by atoms with Gasteiger partial charge < -0.3 is 10.0 Å². The van der Waals surface area contributed by atoms with E-state index in [1.54, 1.807) is 12.1 Å². The molecule has 0 bridgehead atoms. The highest BCUT2D eigenvalue weighted by Crippen LogP contribution is 2.41. The fourth-order valence-corrected chi connectivity index (χ4v) is 4.48. The summed E-state index contributed by atoms with van der Waals surface area (Å²) in [6, 6.07) is 25.6. The van der Waals surface area contributed by atoms with Crippen molar-refractivity contribution in [3.05, 3.63) is 101 Å². The number of aromatic hydroxyl groups is 1. The van der Waals surface area contributed by atoms with E-state index < -0.39 is 0 Å². The summed E-state index contributed by atoms with van der Waals surface area (Å²) in [5.41, 5.74) is 4.71. The lowest BCUT2D eigenvalue weighted by atomic mass is 9.94. The van der Waals surface area contributed by atoms with Crippen molar-refractivity contribution >= 4 is 5.91 Å². The highest BCUT2D eigenvalue weighted by molar-refractivity contribution is 5.85. The molecule has 1 amide bonds.